The van der Waals surface area contributed by atoms with E-state index in [-0.39, 0.29) is 18.4 Å². The minimum absolute atomic E-state index is 0.0517. The molecule has 162 valence electrons. The van der Waals surface area contributed by atoms with E-state index in [2.05, 4.69) is 16.0 Å². The summed E-state index contributed by atoms with van der Waals surface area (Å²) in [4.78, 5) is 48.0. The predicted octanol–water partition coefficient (Wildman–Crippen LogP) is 1.24. The second-order valence-electron chi connectivity index (χ2n) is 7.18. The lowest BCUT2D eigenvalue weighted by Crippen LogP contribution is -2.48. The normalized spacial score (nSPS) is 16.3. The Labute approximate surface area is 173 Å². The van der Waals surface area contributed by atoms with E-state index in [1.165, 1.54) is 19.1 Å². The second-order valence-corrected chi connectivity index (χ2v) is 7.18. The number of hydrogen-bond acceptors (Lipinski definition) is 7. The molecule has 1 aliphatic carbocycles. The molecule has 10 heteroatoms. The Balaban J connectivity index is 1.38. The lowest BCUT2D eigenvalue weighted by atomic mass is 9.96. The summed E-state index contributed by atoms with van der Waals surface area (Å²) in [5.74, 6) is -1.06. The summed E-state index contributed by atoms with van der Waals surface area (Å²) in [5.41, 5.74) is 0.289. The summed E-state index contributed by atoms with van der Waals surface area (Å²) >= 11 is 0. The Kier molecular flexibility index (Phi) is 7.10. The van der Waals surface area contributed by atoms with Gasteiger partial charge in [0.25, 0.3) is 11.8 Å². The molecule has 1 aromatic carbocycles. The van der Waals surface area contributed by atoms with Crippen LogP contribution in [0.3, 0.4) is 0 Å². The van der Waals surface area contributed by atoms with Crippen LogP contribution < -0.4 is 25.4 Å². The highest BCUT2D eigenvalue weighted by molar-refractivity contribution is 5.98. The molecule has 1 heterocycles. The summed E-state index contributed by atoms with van der Waals surface area (Å²) in [6, 6.07) is 4.08. The molecule has 0 aromatic heterocycles. The molecule has 0 radical (unpaired) electrons. The van der Waals surface area contributed by atoms with Gasteiger partial charge in [-0.25, -0.2) is 4.79 Å². The molecule has 3 rings (SSSR count). The third-order valence-corrected chi connectivity index (χ3v) is 4.88. The van der Waals surface area contributed by atoms with Crippen LogP contribution in [0.2, 0.25) is 0 Å². The number of nitrogens with one attached hydrogen (secondary N) is 3. The first-order valence-corrected chi connectivity index (χ1v) is 9.91. The number of hydrogen-bond donors (Lipinski definition) is 3. The molecule has 1 fully saturated rings. The first-order valence-electron chi connectivity index (χ1n) is 9.91. The van der Waals surface area contributed by atoms with Gasteiger partial charge in [-0.05, 0) is 38.0 Å². The first-order chi connectivity index (χ1) is 14.4. The maximum Gasteiger partial charge on any atom is 0.326 e. The predicted molar refractivity (Wildman–Crippen MR) is 104 cm³/mol. The minimum atomic E-state index is -1.18. The molecule has 0 spiro atoms. The highest BCUT2D eigenvalue weighted by atomic mass is 16.7. The van der Waals surface area contributed by atoms with Crippen LogP contribution in [0.4, 0.5) is 4.79 Å². The van der Waals surface area contributed by atoms with E-state index < -0.39 is 36.5 Å². The molecular formula is C20H25N3O7. The van der Waals surface area contributed by atoms with Crippen LogP contribution in [-0.4, -0.2) is 49.3 Å². The van der Waals surface area contributed by atoms with E-state index in [1.54, 1.807) is 6.07 Å². The molecule has 3 N–H and O–H groups in total. The molecular weight excluding hydrogens is 394 g/mol. The largest absolute Gasteiger partial charge is 0.454 e. The molecule has 1 unspecified atom stereocenters. The monoisotopic (exact) mass is 419 g/mol. The van der Waals surface area contributed by atoms with Gasteiger partial charge in [0.05, 0.1) is 0 Å². The van der Waals surface area contributed by atoms with Gasteiger partial charge in [-0.15, -0.1) is 0 Å². The SMILES string of the molecule is CC(OC(=O)CNC(=O)c1ccc2c(c1)OCO2)C(=O)NC(=O)NC1CCCCC1. The van der Waals surface area contributed by atoms with Crippen LogP contribution in [0.5, 0.6) is 11.5 Å². The Hall–Kier alpha value is -3.30. The number of fused-ring (bicyclic) bond motifs is 1. The molecule has 2 aliphatic rings. The molecule has 1 atom stereocenters. The van der Waals surface area contributed by atoms with E-state index in [0.717, 1.165) is 32.1 Å². The fourth-order valence-electron chi connectivity index (χ4n) is 3.27. The third-order valence-electron chi connectivity index (χ3n) is 4.88. The van der Waals surface area contributed by atoms with Crippen molar-refractivity contribution in [2.75, 3.05) is 13.3 Å². The Morgan fingerprint density at radius 1 is 1.10 bits per heavy atom. The summed E-state index contributed by atoms with van der Waals surface area (Å²) < 4.78 is 15.3. The zero-order valence-electron chi connectivity index (χ0n) is 16.7. The van der Waals surface area contributed by atoms with Crippen LogP contribution in [0.25, 0.3) is 0 Å². The van der Waals surface area contributed by atoms with Crippen molar-refractivity contribution in [1.82, 2.24) is 16.0 Å². The van der Waals surface area contributed by atoms with Crippen molar-refractivity contribution in [3.05, 3.63) is 23.8 Å². The smallest absolute Gasteiger partial charge is 0.326 e. The quantitative estimate of drug-likeness (QED) is 0.591. The average Bonchev–Trinajstić information content (AvgIpc) is 3.20. The summed E-state index contributed by atoms with van der Waals surface area (Å²) in [6.45, 7) is 1.01. The van der Waals surface area contributed by atoms with Crippen LogP contribution in [-0.2, 0) is 14.3 Å². The number of carbonyl (C=O) groups is 4. The standard InChI is InChI=1S/C20H25N3O7/c1-12(18(25)23-20(27)22-14-5-3-2-4-6-14)30-17(24)10-21-19(26)13-7-8-15-16(9-13)29-11-28-15/h7-9,12,14H,2-6,10-11H2,1H3,(H,21,26)(H2,22,23,25,27). The lowest BCUT2D eigenvalue weighted by Gasteiger charge is -2.23. The maximum atomic E-state index is 12.2. The molecule has 0 bridgehead atoms. The lowest BCUT2D eigenvalue weighted by molar-refractivity contribution is -0.153. The summed E-state index contributed by atoms with van der Waals surface area (Å²) in [7, 11) is 0. The maximum absolute atomic E-state index is 12.2. The van der Waals surface area contributed by atoms with Crippen molar-refractivity contribution in [2.45, 2.75) is 51.2 Å². The summed E-state index contributed by atoms with van der Waals surface area (Å²) in [5, 5.41) is 7.32. The van der Waals surface area contributed by atoms with Crippen molar-refractivity contribution in [1.29, 1.82) is 0 Å². The molecule has 1 aromatic rings. The van der Waals surface area contributed by atoms with Crippen LogP contribution in [0, 0.1) is 0 Å². The second kappa shape index (κ2) is 9.95. The molecule has 4 amide bonds. The Morgan fingerprint density at radius 2 is 1.83 bits per heavy atom. The summed E-state index contributed by atoms with van der Waals surface area (Å²) in [6.07, 6.45) is 3.83. The molecule has 0 saturated heterocycles. The van der Waals surface area contributed by atoms with Gasteiger partial charge in [0.1, 0.15) is 6.54 Å². The minimum Gasteiger partial charge on any atom is -0.454 e. The number of benzene rings is 1. The number of amides is 4. The fourth-order valence-corrected chi connectivity index (χ4v) is 3.27. The van der Waals surface area contributed by atoms with Crippen LogP contribution in [0.15, 0.2) is 18.2 Å². The van der Waals surface area contributed by atoms with Gasteiger partial charge in [0.15, 0.2) is 17.6 Å². The number of esters is 1. The Bertz CT molecular complexity index is 821. The average molecular weight is 419 g/mol. The Morgan fingerprint density at radius 3 is 2.60 bits per heavy atom. The number of imide groups is 1. The molecule has 1 aliphatic heterocycles. The fraction of sp³-hybridized carbons (Fsp3) is 0.500. The topological polar surface area (TPSA) is 132 Å². The van der Waals surface area contributed by atoms with Crippen molar-refractivity contribution in [2.24, 2.45) is 0 Å². The zero-order valence-corrected chi connectivity index (χ0v) is 16.7. The van der Waals surface area contributed by atoms with Gasteiger partial charge in [0, 0.05) is 11.6 Å². The van der Waals surface area contributed by atoms with Crippen molar-refractivity contribution < 1.29 is 33.4 Å². The van der Waals surface area contributed by atoms with E-state index in [4.69, 9.17) is 14.2 Å². The highest BCUT2D eigenvalue weighted by Gasteiger charge is 2.23. The van der Waals surface area contributed by atoms with E-state index in [9.17, 15) is 19.2 Å². The highest BCUT2D eigenvalue weighted by Crippen LogP contribution is 2.32. The zero-order chi connectivity index (χ0) is 21.5. The van der Waals surface area contributed by atoms with Crippen molar-refractivity contribution in [3.63, 3.8) is 0 Å². The molecule has 1 saturated carbocycles. The van der Waals surface area contributed by atoms with Crippen LogP contribution in [0.1, 0.15) is 49.4 Å². The van der Waals surface area contributed by atoms with Crippen LogP contribution >= 0.6 is 0 Å². The molecule has 10 nitrogen and oxygen atoms in total. The van der Waals surface area contributed by atoms with Gasteiger partial charge < -0.3 is 24.8 Å². The number of carbonyl (C=O) groups excluding carboxylic acids is 4. The number of rotatable bonds is 6. The first kappa shape index (κ1) is 21.4. The van der Waals surface area contributed by atoms with Gasteiger partial charge in [-0.2, -0.15) is 0 Å². The van der Waals surface area contributed by atoms with E-state index in [0.29, 0.717) is 11.5 Å². The van der Waals surface area contributed by atoms with Gasteiger partial charge in [-0.1, -0.05) is 19.3 Å². The van der Waals surface area contributed by atoms with E-state index >= 15 is 0 Å². The third kappa shape index (κ3) is 5.85. The van der Waals surface area contributed by atoms with Crippen molar-refractivity contribution in [3.8, 4) is 11.5 Å². The van der Waals surface area contributed by atoms with Gasteiger partial charge in [0.2, 0.25) is 6.79 Å². The van der Waals surface area contributed by atoms with E-state index in [1.807, 2.05) is 0 Å². The van der Waals surface area contributed by atoms with Gasteiger partial charge in [-0.3, -0.25) is 19.7 Å². The van der Waals surface area contributed by atoms with Gasteiger partial charge >= 0.3 is 12.0 Å². The number of ether oxygens (including phenoxy) is 3. The number of urea groups is 1. The van der Waals surface area contributed by atoms with Crippen molar-refractivity contribution >= 4 is 23.8 Å². The molecule has 30 heavy (non-hydrogen) atoms.